The summed E-state index contributed by atoms with van der Waals surface area (Å²) in [5.41, 5.74) is 7.33. The van der Waals surface area contributed by atoms with Crippen molar-refractivity contribution in [3.63, 3.8) is 0 Å². The molecule has 23 heavy (non-hydrogen) atoms. The van der Waals surface area contributed by atoms with Crippen LogP contribution < -0.4 is 15.4 Å². The SMILES string of the molecule is Cc1cc(C)[n+](CCCCC([NH3+])C(=O)[O-])c(C)c1.F[B-](F)(F)F. The van der Waals surface area contributed by atoms with Gasteiger partial charge in [-0.15, -0.1) is 0 Å². The lowest BCUT2D eigenvalue weighted by Gasteiger charge is -2.09. The van der Waals surface area contributed by atoms with Crippen molar-refractivity contribution in [3.8, 4) is 0 Å². The summed E-state index contributed by atoms with van der Waals surface area (Å²) >= 11 is 0. The molecule has 0 radical (unpaired) electrons. The Morgan fingerprint density at radius 1 is 1.17 bits per heavy atom. The van der Waals surface area contributed by atoms with Crippen LogP contribution in [0.25, 0.3) is 0 Å². The Morgan fingerprint density at radius 2 is 1.61 bits per heavy atom. The maximum atomic E-state index is 10.5. The Labute approximate surface area is 133 Å². The third-order valence-corrected chi connectivity index (χ3v) is 3.24. The zero-order chi connectivity index (χ0) is 18.2. The van der Waals surface area contributed by atoms with Crippen LogP contribution in [0, 0.1) is 20.8 Å². The van der Waals surface area contributed by atoms with Gasteiger partial charge < -0.3 is 32.9 Å². The van der Waals surface area contributed by atoms with Crippen molar-refractivity contribution >= 4 is 13.2 Å². The molecule has 0 fully saturated rings. The minimum Gasteiger partial charge on any atom is -0.544 e. The van der Waals surface area contributed by atoms with Crippen molar-refractivity contribution in [1.82, 2.24) is 0 Å². The zero-order valence-corrected chi connectivity index (χ0v) is 13.6. The number of aromatic nitrogens is 1. The number of carboxylic acids is 1. The van der Waals surface area contributed by atoms with Crippen LogP contribution in [0.15, 0.2) is 12.1 Å². The number of quaternary nitrogens is 1. The van der Waals surface area contributed by atoms with Gasteiger partial charge in [-0.25, -0.2) is 4.57 Å². The van der Waals surface area contributed by atoms with Crippen molar-refractivity contribution in [2.45, 2.75) is 52.6 Å². The normalized spacial score (nSPS) is 12.3. The van der Waals surface area contributed by atoms with Gasteiger partial charge in [0.25, 0.3) is 0 Å². The Bertz CT molecular complexity index is 495. The fourth-order valence-electron chi connectivity index (χ4n) is 2.27. The number of pyridine rings is 1. The summed E-state index contributed by atoms with van der Waals surface area (Å²) in [7, 11) is -6.00. The van der Waals surface area contributed by atoms with Crippen molar-refractivity contribution < 1.29 is 37.5 Å². The first-order valence-corrected chi connectivity index (χ1v) is 7.30. The molecule has 1 rings (SSSR count). The number of hydrogen-bond acceptors (Lipinski definition) is 2. The number of aliphatic carboxylic acids is 1. The first-order chi connectivity index (χ1) is 10.4. The highest BCUT2D eigenvalue weighted by molar-refractivity contribution is 6.50. The smallest absolute Gasteiger partial charge is 0.544 e. The lowest BCUT2D eigenvalue weighted by molar-refractivity contribution is -0.709. The van der Waals surface area contributed by atoms with Crippen molar-refractivity contribution in [1.29, 1.82) is 0 Å². The molecular weight excluding hydrogens is 315 g/mol. The van der Waals surface area contributed by atoms with E-state index in [1.54, 1.807) is 0 Å². The summed E-state index contributed by atoms with van der Waals surface area (Å²) in [5, 5.41) is 10.5. The summed E-state index contributed by atoms with van der Waals surface area (Å²) in [6.07, 6.45) is 2.42. The number of rotatable bonds is 6. The standard InChI is InChI=1S/C14H22N2O2.BF4/c1-10-8-11(2)16(12(3)9-10)7-5-4-6-13(15)14(17)18;2-1(3,4)5/h8-9,13H,4-7,15H2,1-3H3;/q;-1/p+1. The molecule has 132 valence electrons. The highest BCUT2D eigenvalue weighted by Gasteiger charge is 2.20. The number of halogens is 4. The van der Waals surface area contributed by atoms with E-state index in [4.69, 9.17) is 0 Å². The Balaban J connectivity index is 0.000000841. The fraction of sp³-hybridized carbons (Fsp3) is 0.571. The van der Waals surface area contributed by atoms with Gasteiger partial charge in [-0.2, -0.15) is 0 Å². The van der Waals surface area contributed by atoms with Crippen molar-refractivity contribution in [2.24, 2.45) is 0 Å². The van der Waals surface area contributed by atoms with E-state index < -0.39 is 19.3 Å². The maximum Gasteiger partial charge on any atom is 0.673 e. The Hall–Kier alpha value is -1.64. The zero-order valence-electron chi connectivity index (χ0n) is 13.6. The van der Waals surface area contributed by atoms with Gasteiger partial charge in [-0.3, -0.25) is 0 Å². The Kier molecular flexibility index (Phi) is 8.82. The third kappa shape index (κ3) is 10.7. The van der Waals surface area contributed by atoms with Gasteiger partial charge in [0.15, 0.2) is 11.4 Å². The first kappa shape index (κ1) is 21.4. The molecule has 0 bridgehead atoms. The van der Waals surface area contributed by atoms with Crippen molar-refractivity contribution in [2.75, 3.05) is 0 Å². The van der Waals surface area contributed by atoms with Gasteiger partial charge in [-0.1, -0.05) is 0 Å². The molecule has 0 saturated heterocycles. The van der Waals surface area contributed by atoms with E-state index in [2.05, 4.69) is 43.2 Å². The second-order valence-electron chi connectivity index (χ2n) is 5.47. The van der Waals surface area contributed by atoms with E-state index in [1.807, 2.05) is 0 Å². The summed E-state index contributed by atoms with van der Waals surface area (Å²) in [5.74, 6) is -1.05. The van der Waals surface area contributed by atoms with Crippen LogP contribution >= 0.6 is 0 Å². The average molecular weight is 338 g/mol. The van der Waals surface area contributed by atoms with E-state index >= 15 is 0 Å². The molecular formula is C14H23BF4N2O2. The summed E-state index contributed by atoms with van der Waals surface area (Å²) < 4.78 is 41.3. The number of unbranched alkanes of at least 4 members (excludes halogenated alkanes) is 1. The fourth-order valence-corrected chi connectivity index (χ4v) is 2.27. The quantitative estimate of drug-likeness (QED) is 0.360. The number of nitrogens with zero attached hydrogens (tertiary/aromatic N) is 1. The van der Waals surface area contributed by atoms with E-state index in [0.29, 0.717) is 6.42 Å². The molecule has 1 atom stereocenters. The molecule has 3 N–H and O–H groups in total. The average Bonchev–Trinajstić information content (AvgIpc) is 2.34. The van der Waals surface area contributed by atoms with Crippen LogP contribution in [0.1, 0.15) is 36.2 Å². The van der Waals surface area contributed by atoms with Crippen LogP contribution in [0.5, 0.6) is 0 Å². The second-order valence-corrected chi connectivity index (χ2v) is 5.47. The number of aryl methyl sites for hydroxylation is 3. The van der Waals surface area contributed by atoms with E-state index in [-0.39, 0.29) is 0 Å². The molecule has 0 spiro atoms. The molecule has 0 aliphatic carbocycles. The summed E-state index contributed by atoms with van der Waals surface area (Å²) in [6, 6.07) is 3.74. The van der Waals surface area contributed by atoms with E-state index in [0.717, 1.165) is 19.4 Å². The lowest BCUT2D eigenvalue weighted by Crippen LogP contribution is -2.68. The molecule has 1 aromatic rings. The van der Waals surface area contributed by atoms with Crippen LogP contribution in [0.2, 0.25) is 0 Å². The maximum absolute atomic E-state index is 10.5. The monoisotopic (exact) mass is 338 g/mol. The predicted molar refractivity (Wildman–Crippen MR) is 76.6 cm³/mol. The molecule has 4 nitrogen and oxygen atoms in total. The molecule has 1 heterocycles. The Morgan fingerprint density at radius 3 is 2.00 bits per heavy atom. The minimum atomic E-state index is -6.00. The van der Waals surface area contributed by atoms with Gasteiger partial charge in [0.2, 0.25) is 0 Å². The molecule has 1 aromatic heterocycles. The molecule has 0 amide bonds. The van der Waals surface area contributed by atoms with Gasteiger partial charge in [-0.05, 0) is 18.9 Å². The highest BCUT2D eigenvalue weighted by atomic mass is 19.5. The van der Waals surface area contributed by atoms with Crippen molar-refractivity contribution in [3.05, 3.63) is 29.1 Å². The molecule has 0 aromatic carbocycles. The number of carbonyl (C=O) groups excluding carboxylic acids is 1. The van der Waals surface area contributed by atoms with Crippen LogP contribution in [-0.4, -0.2) is 19.3 Å². The summed E-state index contributed by atoms with van der Waals surface area (Å²) in [4.78, 5) is 10.5. The van der Waals surface area contributed by atoms with Crippen LogP contribution in [0.4, 0.5) is 17.3 Å². The number of hydrogen-bond donors (Lipinski definition) is 1. The topological polar surface area (TPSA) is 71.7 Å². The first-order valence-electron chi connectivity index (χ1n) is 7.30. The lowest BCUT2D eigenvalue weighted by atomic mass is 10.1. The number of carbonyl (C=O) groups is 1. The summed E-state index contributed by atoms with van der Waals surface area (Å²) in [6.45, 7) is 7.23. The minimum absolute atomic E-state index is 0.588. The molecule has 0 saturated carbocycles. The second kappa shape index (κ2) is 9.49. The molecule has 1 unspecified atom stereocenters. The molecule has 0 aliphatic rings. The molecule has 9 heteroatoms. The molecule has 0 aliphatic heterocycles. The van der Waals surface area contributed by atoms with Gasteiger partial charge in [0.05, 0.1) is 5.97 Å². The van der Waals surface area contributed by atoms with E-state index in [9.17, 15) is 27.2 Å². The predicted octanol–water partition coefficient (Wildman–Crippen LogP) is 0.730. The van der Waals surface area contributed by atoms with Crippen LogP contribution in [-0.2, 0) is 11.3 Å². The van der Waals surface area contributed by atoms with Gasteiger partial charge >= 0.3 is 7.25 Å². The third-order valence-electron chi connectivity index (χ3n) is 3.24. The van der Waals surface area contributed by atoms with Gasteiger partial charge in [0, 0.05) is 38.8 Å². The van der Waals surface area contributed by atoms with Gasteiger partial charge in [0.1, 0.15) is 12.6 Å². The highest BCUT2D eigenvalue weighted by Crippen LogP contribution is 2.06. The van der Waals surface area contributed by atoms with E-state index in [1.165, 1.54) is 17.0 Å². The largest absolute Gasteiger partial charge is 0.673 e. The van der Waals surface area contributed by atoms with Crippen LogP contribution in [0.3, 0.4) is 0 Å². The number of carboxylic acid groups (broad SMARTS) is 1.